The fraction of sp³-hybridized carbons (Fsp3) is 0.333. The summed E-state index contributed by atoms with van der Waals surface area (Å²) in [7, 11) is 0. The first-order valence-electron chi connectivity index (χ1n) is 4.33. The highest BCUT2D eigenvalue weighted by atomic mass is 35.5. The SMILES string of the molecule is Oc1cc(C2NCCN2)c(F)cc1Cl. The van der Waals surface area contributed by atoms with Gasteiger partial charge in [-0.1, -0.05) is 11.6 Å². The first-order chi connectivity index (χ1) is 6.68. The Morgan fingerprint density at radius 1 is 1.36 bits per heavy atom. The van der Waals surface area contributed by atoms with Crippen molar-refractivity contribution in [3.8, 4) is 5.75 Å². The molecular formula is C9H10ClFN2O. The van der Waals surface area contributed by atoms with Gasteiger partial charge in [-0.25, -0.2) is 4.39 Å². The maximum Gasteiger partial charge on any atom is 0.134 e. The van der Waals surface area contributed by atoms with Crippen LogP contribution < -0.4 is 10.6 Å². The van der Waals surface area contributed by atoms with Crippen molar-refractivity contribution in [1.29, 1.82) is 0 Å². The molecule has 0 amide bonds. The summed E-state index contributed by atoms with van der Waals surface area (Å²) >= 11 is 5.56. The Morgan fingerprint density at radius 3 is 2.64 bits per heavy atom. The summed E-state index contributed by atoms with van der Waals surface area (Å²) < 4.78 is 13.4. The second-order valence-electron chi connectivity index (χ2n) is 3.17. The van der Waals surface area contributed by atoms with Gasteiger partial charge in [-0.3, -0.25) is 10.6 Å². The summed E-state index contributed by atoms with van der Waals surface area (Å²) in [6.07, 6.45) is -0.238. The molecule has 0 bridgehead atoms. The van der Waals surface area contributed by atoms with Crippen LogP contribution in [0.15, 0.2) is 12.1 Å². The van der Waals surface area contributed by atoms with E-state index >= 15 is 0 Å². The van der Waals surface area contributed by atoms with E-state index in [1.807, 2.05) is 0 Å². The van der Waals surface area contributed by atoms with Gasteiger partial charge >= 0.3 is 0 Å². The van der Waals surface area contributed by atoms with Gasteiger partial charge in [-0.05, 0) is 12.1 Å². The molecule has 0 radical (unpaired) electrons. The first-order valence-corrected chi connectivity index (χ1v) is 4.71. The lowest BCUT2D eigenvalue weighted by Crippen LogP contribution is -2.22. The number of hydrogen-bond acceptors (Lipinski definition) is 3. The molecule has 1 aliphatic rings. The summed E-state index contributed by atoms with van der Waals surface area (Å²) in [5.74, 6) is -0.515. The minimum atomic E-state index is -0.417. The zero-order valence-corrected chi connectivity index (χ0v) is 8.11. The number of hydrogen-bond donors (Lipinski definition) is 3. The molecule has 0 aliphatic carbocycles. The second-order valence-corrected chi connectivity index (χ2v) is 3.57. The van der Waals surface area contributed by atoms with Crippen molar-refractivity contribution in [3.63, 3.8) is 0 Å². The topological polar surface area (TPSA) is 44.3 Å². The lowest BCUT2D eigenvalue weighted by molar-refractivity contribution is 0.465. The lowest BCUT2D eigenvalue weighted by atomic mass is 10.1. The molecule has 1 aromatic carbocycles. The normalized spacial score (nSPS) is 17.6. The smallest absolute Gasteiger partial charge is 0.134 e. The summed E-state index contributed by atoms with van der Waals surface area (Å²) in [4.78, 5) is 0. The summed E-state index contributed by atoms with van der Waals surface area (Å²) in [5.41, 5.74) is 0.393. The molecule has 3 nitrogen and oxygen atoms in total. The van der Waals surface area contributed by atoms with Crippen LogP contribution in [0.25, 0.3) is 0 Å². The molecule has 76 valence electrons. The Balaban J connectivity index is 2.37. The predicted octanol–water partition coefficient (Wildman–Crippen LogP) is 1.38. The number of nitrogens with one attached hydrogen (secondary N) is 2. The molecule has 0 aromatic heterocycles. The Bertz CT molecular complexity index is 353. The van der Waals surface area contributed by atoms with Crippen LogP contribution in [0.3, 0.4) is 0 Å². The molecule has 1 saturated heterocycles. The Morgan fingerprint density at radius 2 is 2.00 bits per heavy atom. The highest BCUT2D eigenvalue weighted by Crippen LogP contribution is 2.29. The fourth-order valence-corrected chi connectivity index (χ4v) is 1.65. The van der Waals surface area contributed by atoms with E-state index in [2.05, 4.69) is 10.6 Å². The van der Waals surface area contributed by atoms with Crippen LogP contribution in [-0.4, -0.2) is 18.2 Å². The fourth-order valence-electron chi connectivity index (χ4n) is 1.50. The molecule has 1 fully saturated rings. The van der Waals surface area contributed by atoms with Crippen molar-refractivity contribution < 1.29 is 9.50 Å². The van der Waals surface area contributed by atoms with E-state index in [4.69, 9.17) is 11.6 Å². The molecular weight excluding hydrogens is 207 g/mol. The Kier molecular flexibility index (Phi) is 2.58. The number of phenolic OH excluding ortho intramolecular Hbond substituents is 1. The Hall–Kier alpha value is -0.840. The van der Waals surface area contributed by atoms with E-state index in [1.165, 1.54) is 6.07 Å². The largest absolute Gasteiger partial charge is 0.506 e. The number of benzene rings is 1. The zero-order chi connectivity index (χ0) is 10.1. The van der Waals surface area contributed by atoms with Crippen molar-refractivity contribution >= 4 is 11.6 Å². The van der Waals surface area contributed by atoms with Gasteiger partial charge in [0.1, 0.15) is 11.6 Å². The zero-order valence-electron chi connectivity index (χ0n) is 7.35. The summed E-state index contributed by atoms with van der Waals surface area (Å²) in [5, 5.41) is 15.5. The number of phenols is 1. The number of halogens is 2. The van der Waals surface area contributed by atoms with Crippen molar-refractivity contribution in [3.05, 3.63) is 28.5 Å². The van der Waals surface area contributed by atoms with Crippen molar-refractivity contribution in [1.82, 2.24) is 10.6 Å². The number of rotatable bonds is 1. The standard InChI is InChI=1S/C9H10ClFN2O/c10-6-4-7(11)5(3-8(6)14)9-12-1-2-13-9/h3-4,9,12-14H,1-2H2. The third kappa shape index (κ3) is 1.68. The quantitative estimate of drug-likeness (QED) is 0.665. The molecule has 1 heterocycles. The molecule has 0 atom stereocenters. The molecule has 2 rings (SSSR count). The average Bonchev–Trinajstić information content (AvgIpc) is 2.64. The lowest BCUT2D eigenvalue weighted by Gasteiger charge is -2.13. The van der Waals surface area contributed by atoms with E-state index in [0.29, 0.717) is 5.56 Å². The van der Waals surface area contributed by atoms with Crippen molar-refractivity contribution in [2.45, 2.75) is 6.17 Å². The van der Waals surface area contributed by atoms with Gasteiger partial charge in [0.05, 0.1) is 11.2 Å². The van der Waals surface area contributed by atoms with Gasteiger partial charge in [0.2, 0.25) is 0 Å². The highest BCUT2D eigenvalue weighted by Gasteiger charge is 2.20. The highest BCUT2D eigenvalue weighted by molar-refractivity contribution is 6.32. The second kappa shape index (κ2) is 3.73. The minimum Gasteiger partial charge on any atom is -0.506 e. The van der Waals surface area contributed by atoms with E-state index in [9.17, 15) is 9.50 Å². The van der Waals surface area contributed by atoms with Crippen LogP contribution in [0.1, 0.15) is 11.7 Å². The van der Waals surface area contributed by atoms with E-state index in [1.54, 1.807) is 0 Å². The van der Waals surface area contributed by atoms with Gasteiger partial charge < -0.3 is 5.11 Å². The van der Waals surface area contributed by atoms with Gasteiger partial charge in [-0.15, -0.1) is 0 Å². The number of aromatic hydroxyl groups is 1. The van der Waals surface area contributed by atoms with Crippen LogP contribution >= 0.6 is 11.6 Å². The van der Waals surface area contributed by atoms with Gasteiger partial charge in [0.25, 0.3) is 0 Å². The van der Waals surface area contributed by atoms with Crippen molar-refractivity contribution in [2.75, 3.05) is 13.1 Å². The van der Waals surface area contributed by atoms with E-state index in [0.717, 1.165) is 19.2 Å². The molecule has 14 heavy (non-hydrogen) atoms. The van der Waals surface area contributed by atoms with Crippen LogP contribution in [0.5, 0.6) is 5.75 Å². The predicted molar refractivity (Wildman–Crippen MR) is 51.8 cm³/mol. The molecule has 0 saturated carbocycles. The molecule has 0 spiro atoms. The maximum atomic E-state index is 13.4. The molecule has 5 heteroatoms. The molecule has 1 aliphatic heterocycles. The molecule has 1 aromatic rings. The Labute approximate surface area is 85.9 Å². The third-order valence-corrected chi connectivity index (χ3v) is 2.50. The van der Waals surface area contributed by atoms with Crippen LogP contribution in [0, 0.1) is 5.82 Å². The van der Waals surface area contributed by atoms with E-state index in [-0.39, 0.29) is 16.9 Å². The van der Waals surface area contributed by atoms with Gasteiger partial charge in [0.15, 0.2) is 0 Å². The van der Waals surface area contributed by atoms with E-state index < -0.39 is 5.82 Å². The monoisotopic (exact) mass is 216 g/mol. The average molecular weight is 217 g/mol. The molecule has 3 N–H and O–H groups in total. The van der Waals surface area contributed by atoms with Gasteiger partial charge in [0, 0.05) is 18.7 Å². The van der Waals surface area contributed by atoms with Crippen molar-refractivity contribution in [2.24, 2.45) is 0 Å². The van der Waals surface area contributed by atoms with Crippen LogP contribution in [-0.2, 0) is 0 Å². The first kappa shape index (κ1) is 9.71. The summed E-state index contributed by atoms with van der Waals surface area (Å²) in [6.45, 7) is 1.57. The van der Waals surface area contributed by atoms with Gasteiger partial charge in [-0.2, -0.15) is 0 Å². The minimum absolute atomic E-state index is 0.0317. The maximum absolute atomic E-state index is 13.4. The summed E-state index contributed by atoms with van der Waals surface area (Å²) in [6, 6.07) is 2.46. The van der Waals surface area contributed by atoms with Crippen LogP contribution in [0.4, 0.5) is 4.39 Å². The van der Waals surface area contributed by atoms with Crippen LogP contribution in [0.2, 0.25) is 5.02 Å². The third-order valence-electron chi connectivity index (χ3n) is 2.20. The molecule has 0 unspecified atom stereocenters.